The Kier molecular flexibility index (Phi) is 7.35. The summed E-state index contributed by atoms with van der Waals surface area (Å²) in [5.74, 6) is 0.936. The van der Waals surface area contributed by atoms with Gasteiger partial charge in [0.25, 0.3) is 5.91 Å². The van der Waals surface area contributed by atoms with Gasteiger partial charge in [0.2, 0.25) is 12.7 Å². The third-order valence-electron chi connectivity index (χ3n) is 6.70. The molecule has 3 aromatic carbocycles. The molecule has 0 spiro atoms. The predicted octanol–water partition coefficient (Wildman–Crippen LogP) is 3.95. The van der Waals surface area contributed by atoms with Crippen LogP contribution in [0.2, 0.25) is 0 Å². The first kappa shape index (κ1) is 24.4. The van der Waals surface area contributed by atoms with Crippen LogP contribution < -0.4 is 20.1 Å². The Morgan fingerprint density at radius 2 is 1.62 bits per heavy atom. The van der Waals surface area contributed by atoms with Gasteiger partial charge >= 0.3 is 6.03 Å². The highest BCUT2D eigenvalue weighted by Gasteiger charge is 2.38. The van der Waals surface area contributed by atoms with Gasteiger partial charge in [-0.2, -0.15) is 0 Å². The van der Waals surface area contributed by atoms with Gasteiger partial charge in [0.05, 0.1) is 6.54 Å². The van der Waals surface area contributed by atoms with Crippen LogP contribution in [0.4, 0.5) is 4.79 Å². The molecule has 1 fully saturated rings. The molecule has 0 aromatic heterocycles. The molecule has 2 aliphatic heterocycles. The van der Waals surface area contributed by atoms with E-state index in [0.717, 1.165) is 12.0 Å². The van der Waals surface area contributed by atoms with E-state index in [4.69, 9.17) is 9.47 Å². The summed E-state index contributed by atoms with van der Waals surface area (Å²) >= 11 is 0. The van der Waals surface area contributed by atoms with Gasteiger partial charge in [-0.05, 0) is 41.7 Å². The number of rotatable bonds is 10. The van der Waals surface area contributed by atoms with Crippen LogP contribution >= 0.6 is 0 Å². The first-order valence-corrected chi connectivity index (χ1v) is 12.5. The van der Waals surface area contributed by atoms with Crippen molar-refractivity contribution in [3.8, 4) is 11.5 Å². The number of hydrogen-bond acceptors (Lipinski definition) is 5. The van der Waals surface area contributed by atoms with Crippen LogP contribution in [0.1, 0.15) is 41.9 Å². The van der Waals surface area contributed by atoms with Crippen molar-refractivity contribution < 1.29 is 23.9 Å². The van der Waals surface area contributed by atoms with Gasteiger partial charge < -0.3 is 20.1 Å². The second-order valence-corrected chi connectivity index (χ2v) is 9.17. The molecule has 1 atom stereocenters. The highest BCUT2D eigenvalue weighted by atomic mass is 16.7. The second kappa shape index (κ2) is 11.2. The number of fused-ring (bicyclic) bond motifs is 1. The zero-order chi connectivity index (χ0) is 25.6. The molecule has 3 aromatic rings. The van der Waals surface area contributed by atoms with Crippen molar-refractivity contribution in [3.63, 3.8) is 0 Å². The monoisotopic (exact) mass is 499 g/mol. The highest BCUT2D eigenvalue weighted by molar-refractivity contribution is 6.04. The number of nitrogens with one attached hydrogen (secondary N) is 2. The van der Waals surface area contributed by atoms with Gasteiger partial charge in [-0.3, -0.25) is 14.5 Å². The number of ether oxygens (including phenoxy) is 2. The third-order valence-corrected chi connectivity index (χ3v) is 6.70. The Morgan fingerprint density at radius 3 is 2.32 bits per heavy atom. The van der Waals surface area contributed by atoms with E-state index in [0.29, 0.717) is 18.0 Å². The highest BCUT2D eigenvalue weighted by Crippen LogP contribution is 2.33. The fourth-order valence-electron chi connectivity index (χ4n) is 4.76. The first-order chi connectivity index (χ1) is 18.1. The molecule has 2 aliphatic rings. The number of nitrogens with zero attached hydrogens (tertiary/aromatic N) is 1. The molecular weight excluding hydrogens is 470 g/mol. The molecule has 1 saturated heterocycles. The summed E-state index contributed by atoms with van der Waals surface area (Å²) in [7, 11) is 0. The van der Waals surface area contributed by atoms with Crippen LogP contribution in [0.3, 0.4) is 0 Å². The summed E-state index contributed by atoms with van der Waals surface area (Å²) in [4.78, 5) is 39.0. The minimum atomic E-state index is -0.714. The Balaban J connectivity index is 1.11. The maximum Gasteiger partial charge on any atom is 0.325 e. The van der Waals surface area contributed by atoms with Crippen molar-refractivity contribution in [1.29, 1.82) is 0 Å². The van der Waals surface area contributed by atoms with E-state index < -0.39 is 12.1 Å². The summed E-state index contributed by atoms with van der Waals surface area (Å²) in [6, 6.07) is 24.6. The van der Waals surface area contributed by atoms with E-state index in [2.05, 4.69) is 34.9 Å². The smallest absolute Gasteiger partial charge is 0.325 e. The molecule has 2 N–H and O–H groups in total. The number of urea groups is 1. The lowest BCUT2D eigenvalue weighted by Gasteiger charge is -2.18. The van der Waals surface area contributed by atoms with Gasteiger partial charge in [0.15, 0.2) is 11.5 Å². The number of benzene rings is 3. The third kappa shape index (κ3) is 5.74. The van der Waals surface area contributed by atoms with Crippen LogP contribution in [0.5, 0.6) is 11.5 Å². The lowest BCUT2D eigenvalue weighted by Crippen LogP contribution is -2.33. The molecule has 8 nitrogen and oxygen atoms in total. The minimum absolute atomic E-state index is 0.129. The molecule has 0 unspecified atom stereocenters. The van der Waals surface area contributed by atoms with Crippen molar-refractivity contribution in [2.75, 3.05) is 13.3 Å². The van der Waals surface area contributed by atoms with E-state index in [-0.39, 0.29) is 43.9 Å². The molecule has 5 rings (SSSR count). The normalized spacial score (nSPS) is 16.2. The number of carbonyl (C=O) groups is 3. The average Bonchev–Trinajstić information content (AvgIpc) is 3.50. The maximum absolute atomic E-state index is 12.8. The molecule has 37 heavy (non-hydrogen) atoms. The Hall–Kier alpha value is -4.33. The van der Waals surface area contributed by atoms with Gasteiger partial charge in [0.1, 0.15) is 6.04 Å². The molecule has 0 saturated carbocycles. The zero-order valence-corrected chi connectivity index (χ0v) is 20.4. The largest absolute Gasteiger partial charge is 0.454 e. The van der Waals surface area contributed by atoms with E-state index in [1.165, 1.54) is 16.0 Å². The molecule has 8 heteroatoms. The van der Waals surface area contributed by atoms with E-state index >= 15 is 0 Å². The van der Waals surface area contributed by atoms with E-state index in [1.54, 1.807) is 18.2 Å². The van der Waals surface area contributed by atoms with Crippen LogP contribution in [-0.2, 0) is 16.1 Å². The summed E-state index contributed by atoms with van der Waals surface area (Å²) in [5.41, 5.74) is 3.16. The Morgan fingerprint density at radius 1 is 0.946 bits per heavy atom. The van der Waals surface area contributed by atoms with Gasteiger partial charge in [0, 0.05) is 18.9 Å². The molecule has 0 radical (unpaired) electrons. The van der Waals surface area contributed by atoms with Crippen LogP contribution in [0, 0.1) is 0 Å². The van der Waals surface area contributed by atoms with Gasteiger partial charge in [-0.15, -0.1) is 0 Å². The lowest BCUT2D eigenvalue weighted by atomic mass is 9.88. The summed E-state index contributed by atoms with van der Waals surface area (Å²) in [6.07, 6.45) is 1.15. The van der Waals surface area contributed by atoms with E-state index in [1.807, 2.05) is 36.4 Å². The van der Waals surface area contributed by atoms with Crippen molar-refractivity contribution in [2.24, 2.45) is 0 Å². The standard InChI is InChI=1S/C29H29N3O5/c33-27(30-16-15-23(21-7-3-1-4-8-21)22-9-5-2-6-10-22)14-12-24-28(34)32(29(35)31-24)18-20-11-13-25-26(17-20)37-19-36-25/h1-11,13,17,23-24H,12,14-16,18-19H2,(H,30,33)(H,31,35)/t24-/m1/s1. The van der Waals surface area contributed by atoms with Gasteiger partial charge in [-0.25, -0.2) is 4.79 Å². The second-order valence-electron chi connectivity index (χ2n) is 9.17. The minimum Gasteiger partial charge on any atom is -0.454 e. The quantitative estimate of drug-likeness (QED) is 0.412. The fraction of sp³-hybridized carbons (Fsp3) is 0.276. The van der Waals surface area contributed by atoms with E-state index in [9.17, 15) is 14.4 Å². The average molecular weight is 500 g/mol. The molecule has 0 aliphatic carbocycles. The number of amides is 4. The molecule has 0 bridgehead atoms. The predicted molar refractivity (Wildman–Crippen MR) is 137 cm³/mol. The number of hydrogen-bond donors (Lipinski definition) is 2. The molecular formula is C29H29N3O5. The van der Waals surface area contributed by atoms with Crippen molar-refractivity contribution in [2.45, 2.75) is 37.8 Å². The maximum atomic E-state index is 12.8. The fourth-order valence-corrected chi connectivity index (χ4v) is 4.76. The summed E-state index contributed by atoms with van der Waals surface area (Å²) < 4.78 is 10.7. The zero-order valence-electron chi connectivity index (χ0n) is 20.4. The topological polar surface area (TPSA) is 97.0 Å². The summed E-state index contributed by atoms with van der Waals surface area (Å²) in [5, 5.41) is 5.68. The van der Waals surface area contributed by atoms with Gasteiger partial charge in [-0.1, -0.05) is 66.7 Å². The molecule has 4 amide bonds. The molecule has 2 heterocycles. The summed E-state index contributed by atoms with van der Waals surface area (Å²) in [6.45, 7) is 0.796. The number of carbonyl (C=O) groups excluding carboxylic acids is 3. The van der Waals surface area contributed by atoms with Crippen molar-refractivity contribution >= 4 is 17.8 Å². The Bertz CT molecular complexity index is 1230. The lowest BCUT2D eigenvalue weighted by molar-refractivity contribution is -0.128. The van der Waals surface area contributed by atoms with Crippen LogP contribution in [-0.4, -0.2) is 42.1 Å². The van der Waals surface area contributed by atoms with Crippen LogP contribution in [0.15, 0.2) is 78.9 Å². The number of imide groups is 1. The first-order valence-electron chi connectivity index (χ1n) is 12.5. The van der Waals surface area contributed by atoms with Crippen LogP contribution in [0.25, 0.3) is 0 Å². The van der Waals surface area contributed by atoms with Crippen molar-refractivity contribution in [3.05, 3.63) is 95.6 Å². The molecule has 190 valence electrons. The van der Waals surface area contributed by atoms with Crippen molar-refractivity contribution in [1.82, 2.24) is 15.5 Å². The Labute approximate surface area is 215 Å². The SMILES string of the molecule is O=C(CC[C@H]1NC(=O)N(Cc2ccc3c(c2)OCO3)C1=O)NCCC(c1ccccc1)c1ccccc1.